The Labute approximate surface area is 184 Å². The van der Waals surface area contributed by atoms with Gasteiger partial charge in [0.15, 0.2) is 0 Å². The van der Waals surface area contributed by atoms with E-state index < -0.39 is 0 Å². The molecule has 0 fully saturated rings. The van der Waals surface area contributed by atoms with E-state index in [0.29, 0.717) is 30.0 Å². The maximum Gasteiger partial charge on any atom is 0.255 e. The standard InChI is InChI=1S/C25H21FN4O2/c1-32-23-5-4-18(26)13-20(23)19-6-10-28-24-21(19)14-22(29-24)16-7-11-30(12-8-16)25(31)17-3-2-9-27-15-17/h2-7,9-10,13-15H,8,11-12H2,1H3,(H,28,29). The van der Waals surface area contributed by atoms with E-state index in [2.05, 4.69) is 21.0 Å². The number of fused-ring (bicyclic) bond motifs is 1. The van der Waals surface area contributed by atoms with Gasteiger partial charge in [0.2, 0.25) is 0 Å². The number of rotatable bonds is 4. The summed E-state index contributed by atoms with van der Waals surface area (Å²) < 4.78 is 19.4. The maximum absolute atomic E-state index is 14.0. The quantitative estimate of drug-likeness (QED) is 0.511. The van der Waals surface area contributed by atoms with Gasteiger partial charge >= 0.3 is 0 Å². The molecule has 4 aromatic rings. The van der Waals surface area contributed by atoms with Crippen LogP contribution >= 0.6 is 0 Å². The summed E-state index contributed by atoms with van der Waals surface area (Å²) in [5.74, 6) is 0.255. The molecule has 0 saturated carbocycles. The van der Waals surface area contributed by atoms with Crippen molar-refractivity contribution in [2.24, 2.45) is 0 Å². The highest BCUT2D eigenvalue weighted by Gasteiger charge is 2.21. The van der Waals surface area contributed by atoms with Crippen LogP contribution in [0.3, 0.4) is 0 Å². The smallest absolute Gasteiger partial charge is 0.255 e. The van der Waals surface area contributed by atoms with Crippen LogP contribution in [0.1, 0.15) is 22.5 Å². The van der Waals surface area contributed by atoms with E-state index in [1.165, 1.54) is 12.1 Å². The SMILES string of the molecule is COc1ccc(F)cc1-c1ccnc2[nH]c(C3=CCN(C(=O)c4cccnc4)CC3)cc12. The minimum Gasteiger partial charge on any atom is -0.496 e. The molecule has 32 heavy (non-hydrogen) atoms. The normalized spacial score (nSPS) is 13.8. The number of H-pyrrole nitrogens is 1. The second kappa shape index (κ2) is 8.26. The fourth-order valence-corrected chi connectivity index (χ4v) is 4.10. The Morgan fingerprint density at radius 3 is 2.81 bits per heavy atom. The van der Waals surface area contributed by atoms with Crippen LogP contribution in [0, 0.1) is 5.82 Å². The van der Waals surface area contributed by atoms with Crippen molar-refractivity contribution in [2.75, 3.05) is 20.2 Å². The summed E-state index contributed by atoms with van der Waals surface area (Å²) in [6, 6.07) is 11.9. The largest absolute Gasteiger partial charge is 0.496 e. The second-order valence-corrected chi connectivity index (χ2v) is 7.62. The van der Waals surface area contributed by atoms with E-state index in [9.17, 15) is 9.18 Å². The number of pyridine rings is 2. The van der Waals surface area contributed by atoms with E-state index in [1.54, 1.807) is 43.9 Å². The summed E-state index contributed by atoms with van der Waals surface area (Å²) in [7, 11) is 1.57. The van der Waals surface area contributed by atoms with Crippen LogP contribution in [-0.2, 0) is 0 Å². The first-order valence-corrected chi connectivity index (χ1v) is 10.3. The van der Waals surface area contributed by atoms with E-state index in [4.69, 9.17) is 4.74 Å². The van der Waals surface area contributed by atoms with Crippen molar-refractivity contribution >= 4 is 22.5 Å². The van der Waals surface area contributed by atoms with Crippen LogP contribution in [-0.4, -0.2) is 46.0 Å². The molecule has 0 spiro atoms. The number of hydrogen-bond donors (Lipinski definition) is 1. The predicted octanol–water partition coefficient (Wildman–Crippen LogP) is 4.70. The number of nitrogens with one attached hydrogen (secondary N) is 1. The second-order valence-electron chi connectivity index (χ2n) is 7.62. The number of halogens is 1. The van der Waals surface area contributed by atoms with Gasteiger partial charge in [0.05, 0.1) is 12.7 Å². The molecule has 7 heteroatoms. The summed E-state index contributed by atoms with van der Waals surface area (Å²) in [6.45, 7) is 1.14. The first kappa shape index (κ1) is 19.9. The summed E-state index contributed by atoms with van der Waals surface area (Å²) in [5, 5.41) is 0.890. The summed E-state index contributed by atoms with van der Waals surface area (Å²) in [6.07, 6.45) is 7.73. The molecule has 1 aliphatic rings. The summed E-state index contributed by atoms with van der Waals surface area (Å²) in [5.41, 5.74) is 4.90. The number of methoxy groups -OCH3 is 1. The van der Waals surface area contributed by atoms with Crippen LogP contribution in [0.4, 0.5) is 4.39 Å². The molecule has 1 amide bonds. The van der Waals surface area contributed by atoms with Crippen molar-refractivity contribution < 1.29 is 13.9 Å². The number of amides is 1. The van der Waals surface area contributed by atoms with Gasteiger partial charge in [0.25, 0.3) is 5.91 Å². The van der Waals surface area contributed by atoms with Crippen molar-refractivity contribution in [2.45, 2.75) is 6.42 Å². The molecule has 0 atom stereocenters. The molecule has 5 rings (SSSR count). The molecule has 0 radical (unpaired) electrons. The number of nitrogens with zero attached hydrogens (tertiary/aromatic N) is 3. The molecule has 0 unspecified atom stereocenters. The van der Waals surface area contributed by atoms with E-state index in [-0.39, 0.29) is 11.7 Å². The highest BCUT2D eigenvalue weighted by Crippen LogP contribution is 2.36. The third kappa shape index (κ3) is 3.62. The topological polar surface area (TPSA) is 71.1 Å². The Bertz CT molecular complexity index is 1330. The third-order valence-electron chi connectivity index (χ3n) is 5.73. The first-order valence-electron chi connectivity index (χ1n) is 10.3. The van der Waals surface area contributed by atoms with Crippen molar-refractivity contribution in [3.63, 3.8) is 0 Å². The highest BCUT2D eigenvalue weighted by atomic mass is 19.1. The lowest BCUT2D eigenvalue weighted by molar-refractivity contribution is 0.0772. The fourth-order valence-electron chi connectivity index (χ4n) is 4.10. The molecule has 6 nitrogen and oxygen atoms in total. The molecule has 0 aliphatic carbocycles. The van der Waals surface area contributed by atoms with E-state index in [1.807, 2.05) is 17.0 Å². The van der Waals surface area contributed by atoms with Crippen LogP contribution < -0.4 is 4.74 Å². The lowest BCUT2D eigenvalue weighted by atomic mass is 10.0. The van der Waals surface area contributed by atoms with Crippen molar-refractivity contribution in [1.29, 1.82) is 0 Å². The van der Waals surface area contributed by atoms with E-state index >= 15 is 0 Å². The monoisotopic (exact) mass is 428 g/mol. The molecule has 3 aromatic heterocycles. The summed E-state index contributed by atoms with van der Waals surface area (Å²) >= 11 is 0. The zero-order valence-electron chi connectivity index (χ0n) is 17.5. The van der Waals surface area contributed by atoms with Gasteiger partial charge in [-0.05, 0) is 60.0 Å². The van der Waals surface area contributed by atoms with Crippen LogP contribution in [0.2, 0.25) is 0 Å². The predicted molar refractivity (Wildman–Crippen MR) is 121 cm³/mol. The number of aromatic amines is 1. The first-order chi connectivity index (χ1) is 15.6. The van der Waals surface area contributed by atoms with E-state index in [0.717, 1.165) is 34.3 Å². The molecule has 0 bridgehead atoms. The van der Waals surface area contributed by atoms with Crippen LogP contribution in [0.25, 0.3) is 27.7 Å². The highest BCUT2D eigenvalue weighted by molar-refractivity contribution is 5.97. The Balaban J connectivity index is 1.46. The molecule has 160 valence electrons. The zero-order valence-corrected chi connectivity index (χ0v) is 17.5. The summed E-state index contributed by atoms with van der Waals surface area (Å²) in [4.78, 5) is 26.3. The van der Waals surface area contributed by atoms with Crippen LogP contribution in [0.5, 0.6) is 5.75 Å². The molecule has 1 aromatic carbocycles. The Hall–Kier alpha value is -4.00. The van der Waals surface area contributed by atoms with Gasteiger partial charge in [0, 0.05) is 48.3 Å². The lowest BCUT2D eigenvalue weighted by Gasteiger charge is -2.26. The van der Waals surface area contributed by atoms with Crippen molar-refractivity contribution in [1.82, 2.24) is 19.9 Å². The van der Waals surface area contributed by atoms with Gasteiger partial charge in [-0.3, -0.25) is 9.78 Å². The molecule has 0 saturated heterocycles. The van der Waals surface area contributed by atoms with Crippen molar-refractivity contribution in [3.05, 3.63) is 84.2 Å². The molecular weight excluding hydrogens is 407 g/mol. The Morgan fingerprint density at radius 1 is 1.16 bits per heavy atom. The number of carbonyl (C=O) groups is 1. The van der Waals surface area contributed by atoms with Crippen molar-refractivity contribution in [3.8, 4) is 16.9 Å². The maximum atomic E-state index is 14.0. The fraction of sp³-hybridized carbons (Fsp3) is 0.160. The number of carbonyl (C=O) groups excluding carboxylic acids is 1. The average Bonchev–Trinajstić information content (AvgIpc) is 3.29. The number of benzene rings is 1. The molecular formula is C25H21FN4O2. The minimum atomic E-state index is -0.324. The minimum absolute atomic E-state index is 0.0211. The van der Waals surface area contributed by atoms with Gasteiger partial charge in [-0.1, -0.05) is 6.08 Å². The Morgan fingerprint density at radius 2 is 2.06 bits per heavy atom. The lowest BCUT2D eigenvalue weighted by Crippen LogP contribution is -2.34. The van der Waals surface area contributed by atoms with Gasteiger partial charge in [-0.25, -0.2) is 9.37 Å². The third-order valence-corrected chi connectivity index (χ3v) is 5.73. The zero-order chi connectivity index (χ0) is 22.1. The van der Waals surface area contributed by atoms with Gasteiger partial charge in [0.1, 0.15) is 17.2 Å². The number of hydrogen-bond acceptors (Lipinski definition) is 4. The molecule has 1 N–H and O–H groups in total. The van der Waals surface area contributed by atoms with Crippen LogP contribution in [0.15, 0.2) is 67.1 Å². The van der Waals surface area contributed by atoms with Gasteiger partial charge < -0.3 is 14.6 Å². The number of aromatic nitrogens is 3. The number of ether oxygens (including phenoxy) is 1. The van der Waals surface area contributed by atoms with Gasteiger partial charge in [-0.15, -0.1) is 0 Å². The van der Waals surface area contributed by atoms with Gasteiger partial charge in [-0.2, -0.15) is 0 Å². The molecule has 1 aliphatic heterocycles. The molecule has 4 heterocycles. The average molecular weight is 428 g/mol. The Kier molecular flexibility index (Phi) is 5.15.